The van der Waals surface area contributed by atoms with E-state index < -0.39 is 6.36 Å². The largest absolute Gasteiger partial charge is 0.573 e. The molecule has 1 aliphatic heterocycles. The maximum atomic E-state index is 12.8. The molecule has 162 valence electrons. The van der Waals surface area contributed by atoms with Crippen molar-refractivity contribution in [1.29, 1.82) is 0 Å². The second kappa shape index (κ2) is 8.42. The molecule has 0 bridgehead atoms. The van der Waals surface area contributed by atoms with Crippen LogP contribution in [0.25, 0.3) is 0 Å². The van der Waals surface area contributed by atoms with Crippen LogP contribution in [-0.2, 0) is 4.79 Å². The second-order valence-corrected chi connectivity index (χ2v) is 8.70. The molecule has 0 spiro atoms. The maximum Gasteiger partial charge on any atom is 0.573 e. The molecular formula is C21H30F3N3O2. The van der Waals surface area contributed by atoms with Gasteiger partial charge in [-0.2, -0.15) is 0 Å². The summed E-state index contributed by atoms with van der Waals surface area (Å²) in [4.78, 5) is 16.1. The number of halogens is 3. The maximum absolute atomic E-state index is 12.8. The fourth-order valence-corrected chi connectivity index (χ4v) is 5.03. The monoisotopic (exact) mass is 413 g/mol. The summed E-state index contributed by atoms with van der Waals surface area (Å²) in [5.41, 5.74) is 6.14. The third-order valence-electron chi connectivity index (χ3n) is 6.29. The number of ether oxygens (including phenoxy) is 1. The molecule has 1 aliphatic carbocycles. The Labute approximate surface area is 170 Å². The van der Waals surface area contributed by atoms with E-state index >= 15 is 0 Å². The highest BCUT2D eigenvalue weighted by molar-refractivity contribution is 5.79. The number of fused-ring (bicyclic) bond motifs is 1. The summed E-state index contributed by atoms with van der Waals surface area (Å²) in [5, 5.41) is 0. The number of anilines is 1. The molecule has 0 aromatic heterocycles. The van der Waals surface area contributed by atoms with Crippen LogP contribution in [0.3, 0.4) is 0 Å². The van der Waals surface area contributed by atoms with Gasteiger partial charge in [0.25, 0.3) is 0 Å². The van der Waals surface area contributed by atoms with Crippen LogP contribution < -0.4 is 15.4 Å². The SMILES string of the molecule is CC(C)C[C@@H](C(N)=O)N(C)[C@H]1CC[C@@H]2CN(c3ccccc3OC(F)(F)F)C[C@@H]21. The van der Waals surface area contributed by atoms with Gasteiger partial charge < -0.3 is 15.4 Å². The first-order chi connectivity index (χ1) is 13.6. The topological polar surface area (TPSA) is 58.8 Å². The minimum absolute atomic E-state index is 0.167. The van der Waals surface area contributed by atoms with Gasteiger partial charge in [-0.1, -0.05) is 26.0 Å². The van der Waals surface area contributed by atoms with E-state index in [1.165, 1.54) is 6.07 Å². The molecule has 2 N–H and O–H groups in total. The number of nitrogens with zero attached hydrogens (tertiary/aromatic N) is 2. The molecule has 8 heteroatoms. The van der Waals surface area contributed by atoms with Gasteiger partial charge in [-0.3, -0.25) is 9.69 Å². The number of alkyl halides is 3. The van der Waals surface area contributed by atoms with E-state index in [-0.39, 0.29) is 29.7 Å². The molecule has 1 saturated carbocycles. The first-order valence-corrected chi connectivity index (χ1v) is 10.2. The Bertz CT molecular complexity index is 725. The fraction of sp³-hybridized carbons (Fsp3) is 0.667. The average Bonchev–Trinajstić information content (AvgIpc) is 3.18. The van der Waals surface area contributed by atoms with Gasteiger partial charge in [-0.25, -0.2) is 0 Å². The summed E-state index contributed by atoms with van der Waals surface area (Å²) in [5.74, 6) is 0.531. The number of benzene rings is 1. The van der Waals surface area contributed by atoms with Crippen LogP contribution in [0.1, 0.15) is 33.1 Å². The molecule has 29 heavy (non-hydrogen) atoms. The van der Waals surface area contributed by atoms with Gasteiger partial charge in [-0.15, -0.1) is 13.2 Å². The zero-order valence-electron chi connectivity index (χ0n) is 17.2. The number of amides is 1. The highest BCUT2D eigenvalue weighted by atomic mass is 19.4. The van der Waals surface area contributed by atoms with E-state index in [0.717, 1.165) is 12.8 Å². The third kappa shape index (κ3) is 4.97. The van der Waals surface area contributed by atoms with Crippen LogP contribution in [0.5, 0.6) is 5.75 Å². The number of hydrogen-bond acceptors (Lipinski definition) is 4. The Morgan fingerprint density at radius 2 is 1.97 bits per heavy atom. The van der Waals surface area contributed by atoms with Gasteiger partial charge in [-0.05, 0) is 56.2 Å². The van der Waals surface area contributed by atoms with Crippen molar-refractivity contribution in [3.8, 4) is 5.75 Å². The zero-order valence-corrected chi connectivity index (χ0v) is 17.2. The van der Waals surface area contributed by atoms with Crippen molar-refractivity contribution in [2.45, 2.75) is 51.6 Å². The first kappa shape index (κ1) is 21.7. The quantitative estimate of drug-likeness (QED) is 0.742. The number of nitrogens with two attached hydrogens (primary N) is 1. The molecule has 1 heterocycles. The van der Waals surface area contributed by atoms with Gasteiger partial charge in [0.05, 0.1) is 11.7 Å². The van der Waals surface area contributed by atoms with E-state index in [2.05, 4.69) is 23.5 Å². The average molecular weight is 413 g/mol. The molecule has 1 aromatic rings. The standard InChI is InChI=1S/C21H30F3N3O2/c1-13(2)10-18(20(25)28)26(3)16-9-8-14-11-27(12-15(14)16)17-6-4-5-7-19(17)29-21(22,23)24/h4-7,13-16,18H,8-12H2,1-3H3,(H2,25,28)/t14-,15+,16+,18+/m1/s1. The zero-order chi connectivity index (χ0) is 21.3. The van der Waals surface area contributed by atoms with E-state index in [9.17, 15) is 18.0 Å². The van der Waals surface area contributed by atoms with Crippen LogP contribution in [0.2, 0.25) is 0 Å². The lowest BCUT2D eigenvalue weighted by molar-refractivity contribution is -0.274. The number of rotatable bonds is 7. The number of primary amides is 1. The molecule has 5 nitrogen and oxygen atoms in total. The summed E-state index contributed by atoms with van der Waals surface area (Å²) in [6.07, 6.45) is -2.06. The predicted molar refractivity (Wildman–Crippen MR) is 106 cm³/mol. The Morgan fingerprint density at radius 1 is 1.28 bits per heavy atom. The number of para-hydroxylation sites is 2. The van der Waals surface area contributed by atoms with Crippen molar-refractivity contribution in [3.63, 3.8) is 0 Å². The van der Waals surface area contributed by atoms with Crippen LogP contribution >= 0.6 is 0 Å². The molecule has 0 radical (unpaired) electrons. The fourth-order valence-electron chi connectivity index (χ4n) is 5.03. The smallest absolute Gasteiger partial charge is 0.404 e. The highest BCUT2D eigenvalue weighted by Gasteiger charge is 2.46. The molecule has 1 saturated heterocycles. The summed E-state index contributed by atoms with van der Waals surface area (Å²) >= 11 is 0. The first-order valence-electron chi connectivity index (χ1n) is 10.2. The van der Waals surface area contributed by atoms with Crippen molar-refractivity contribution in [1.82, 2.24) is 4.90 Å². The minimum Gasteiger partial charge on any atom is -0.404 e. The normalized spacial score (nSPS) is 25.5. The Kier molecular flexibility index (Phi) is 6.31. The number of likely N-dealkylation sites (N-methyl/N-ethyl adjacent to an activating group) is 1. The molecule has 2 fully saturated rings. The van der Waals surface area contributed by atoms with Crippen LogP contribution in [-0.4, -0.2) is 49.4 Å². The lowest BCUT2D eigenvalue weighted by Gasteiger charge is -2.35. The highest BCUT2D eigenvalue weighted by Crippen LogP contribution is 2.44. The Balaban J connectivity index is 1.76. The molecular weight excluding hydrogens is 383 g/mol. The summed E-state index contributed by atoms with van der Waals surface area (Å²) in [7, 11) is 1.95. The van der Waals surface area contributed by atoms with Gasteiger partial charge in [0, 0.05) is 19.1 Å². The van der Waals surface area contributed by atoms with Crippen molar-refractivity contribution >= 4 is 11.6 Å². The van der Waals surface area contributed by atoms with Crippen molar-refractivity contribution in [3.05, 3.63) is 24.3 Å². The van der Waals surface area contributed by atoms with Crippen LogP contribution in [0.15, 0.2) is 24.3 Å². The van der Waals surface area contributed by atoms with Crippen LogP contribution in [0, 0.1) is 17.8 Å². The van der Waals surface area contributed by atoms with E-state index in [1.54, 1.807) is 18.2 Å². The van der Waals surface area contributed by atoms with E-state index in [0.29, 0.717) is 37.0 Å². The molecule has 1 aromatic carbocycles. The lowest BCUT2D eigenvalue weighted by atomic mass is 9.94. The van der Waals surface area contributed by atoms with Crippen molar-refractivity contribution < 1.29 is 22.7 Å². The van der Waals surface area contributed by atoms with Gasteiger partial charge in [0.1, 0.15) is 0 Å². The molecule has 0 unspecified atom stereocenters. The number of carbonyl (C=O) groups excluding carboxylic acids is 1. The number of hydrogen-bond donors (Lipinski definition) is 1. The van der Waals surface area contributed by atoms with Gasteiger partial charge in [0.15, 0.2) is 5.75 Å². The van der Waals surface area contributed by atoms with Crippen molar-refractivity contribution in [2.75, 3.05) is 25.0 Å². The van der Waals surface area contributed by atoms with Gasteiger partial charge >= 0.3 is 6.36 Å². The second-order valence-electron chi connectivity index (χ2n) is 8.70. The third-order valence-corrected chi connectivity index (χ3v) is 6.29. The number of carbonyl (C=O) groups is 1. The summed E-state index contributed by atoms with van der Waals surface area (Å²) in [6, 6.07) is 6.16. The van der Waals surface area contributed by atoms with E-state index in [1.807, 2.05) is 11.9 Å². The predicted octanol–water partition coefficient (Wildman–Crippen LogP) is 3.63. The molecule has 1 amide bonds. The summed E-state index contributed by atoms with van der Waals surface area (Å²) < 4.78 is 42.6. The molecule has 4 atom stereocenters. The Hall–Kier alpha value is -1.96. The van der Waals surface area contributed by atoms with Gasteiger partial charge in [0.2, 0.25) is 5.91 Å². The Morgan fingerprint density at radius 3 is 2.59 bits per heavy atom. The molecule has 2 aliphatic rings. The molecule has 3 rings (SSSR count). The summed E-state index contributed by atoms with van der Waals surface area (Å²) in [6.45, 7) is 5.47. The van der Waals surface area contributed by atoms with E-state index in [4.69, 9.17) is 5.73 Å². The minimum atomic E-state index is -4.72. The lowest BCUT2D eigenvalue weighted by Crippen LogP contribution is -2.50. The van der Waals surface area contributed by atoms with Crippen molar-refractivity contribution in [2.24, 2.45) is 23.5 Å². The van der Waals surface area contributed by atoms with Crippen LogP contribution in [0.4, 0.5) is 18.9 Å².